The Balaban J connectivity index is 2.74. The first kappa shape index (κ1) is 13.3. The summed E-state index contributed by atoms with van der Waals surface area (Å²) in [5, 5.41) is 0. The van der Waals surface area contributed by atoms with Crippen LogP contribution in [0.3, 0.4) is 0 Å². The summed E-state index contributed by atoms with van der Waals surface area (Å²) < 4.78 is 40.7. The Morgan fingerprint density at radius 3 is 2.26 bits per heavy atom. The summed E-state index contributed by atoms with van der Waals surface area (Å²) in [6, 6.07) is 5.42. The van der Waals surface area contributed by atoms with E-state index in [1.54, 1.807) is 0 Å². The van der Waals surface area contributed by atoms with Gasteiger partial charge in [0, 0.05) is 11.1 Å². The molecular formula is C15H11F3O. The number of rotatable bonds is 2. The Hall–Kier alpha value is -2.10. The molecule has 0 bridgehead atoms. The van der Waals surface area contributed by atoms with Crippen molar-refractivity contribution in [3.8, 4) is 11.1 Å². The number of carbonyl (C=O) groups is 1. The molecule has 0 saturated carbocycles. The third-order valence-corrected chi connectivity index (χ3v) is 2.90. The Kier molecular flexibility index (Phi) is 3.42. The maximum absolute atomic E-state index is 13.9. The lowest BCUT2D eigenvalue weighted by Gasteiger charge is -2.10. The van der Waals surface area contributed by atoms with Crippen molar-refractivity contribution >= 4 is 5.78 Å². The molecule has 98 valence electrons. The molecule has 0 spiro atoms. The summed E-state index contributed by atoms with van der Waals surface area (Å²) in [6.07, 6.45) is 0. The number of benzene rings is 2. The lowest BCUT2D eigenvalue weighted by Crippen LogP contribution is -1.99. The monoisotopic (exact) mass is 264 g/mol. The smallest absolute Gasteiger partial charge is 0.160 e. The van der Waals surface area contributed by atoms with Gasteiger partial charge < -0.3 is 0 Å². The molecule has 0 fully saturated rings. The lowest BCUT2D eigenvalue weighted by molar-refractivity contribution is 0.101. The van der Waals surface area contributed by atoms with Crippen LogP contribution in [0.5, 0.6) is 0 Å². The van der Waals surface area contributed by atoms with Gasteiger partial charge in [-0.1, -0.05) is 0 Å². The molecule has 2 aromatic rings. The van der Waals surface area contributed by atoms with Gasteiger partial charge in [0.1, 0.15) is 17.5 Å². The summed E-state index contributed by atoms with van der Waals surface area (Å²) in [5.74, 6) is -2.24. The molecule has 2 rings (SSSR count). The van der Waals surface area contributed by atoms with Crippen molar-refractivity contribution in [1.82, 2.24) is 0 Å². The molecule has 0 N–H and O–H groups in total. The molecular weight excluding hydrogens is 253 g/mol. The number of carbonyl (C=O) groups excluding carboxylic acids is 1. The highest BCUT2D eigenvalue weighted by atomic mass is 19.1. The van der Waals surface area contributed by atoms with Gasteiger partial charge >= 0.3 is 0 Å². The van der Waals surface area contributed by atoms with Crippen LogP contribution in [0.2, 0.25) is 0 Å². The van der Waals surface area contributed by atoms with Crippen molar-refractivity contribution in [2.75, 3.05) is 0 Å². The highest BCUT2D eigenvalue weighted by Gasteiger charge is 2.15. The van der Waals surface area contributed by atoms with Crippen molar-refractivity contribution < 1.29 is 18.0 Å². The van der Waals surface area contributed by atoms with Crippen LogP contribution < -0.4 is 0 Å². The Morgan fingerprint density at radius 1 is 0.947 bits per heavy atom. The molecule has 0 aliphatic carbocycles. The van der Waals surface area contributed by atoms with Gasteiger partial charge in [-0.25, -0.2) is 13.2 Å². The first-order valence-corrected chi connectivity index (χ1v) is 5.66. The van der Waals surface area contributed by atoms with Gasteiger partial charge in [0.05, 0.1) is 0 Å². The van der Waals surface area contributed by atoms with E-state index in [1.807, 2.05) is 0 Å². The van der Waals surface area contributed by atoms with Gasteiger partial charge in [0.2, 0.25) is 0 Å². The molecule has 2 aromatic carbocycles. The molecule has 0 unspecified atom stereocenters. The van der Waals surface area contributed by atoms with Crippen LogP contribution in [0.25, 0.3) is 11.1 Å². The quantitative estimate of drug-likeness (QED) is 0.740. The average molecular weight is 264 g/mol. The first-order valence-electron chi connectivity index (χ1n) is 5.66. The fraction of sp³-hybridized carbons (Fsp3) is 0.133. The molecule has 0 aliphatic rings. The zero-order chi connectivity index (χ0) is 14.2. The van der Waals surface area contributed by atoms with E-state index in [2.05, 4.69) is 0 Å². The number of Topliss-reactive ketones (excluding diaryl/α,β-unsaturated/α-hetero) is 1. The van der Waals surface area contributed by atoms with Crippen molar-refractivity contribution in [1.29, 1.82) is 0 Å². The van der Waals surface area contributed by atoms with Crippen LogP contribution in [0.15, 0.2) is 30.3 Å². The lowest BCUT2D eigenvalue weighted by atomic mass is 9.96. The molecule has 19 heavy (non-hydrogen) atoms. The van der Waals surface area contributed by atoms with E-state index in [1.165, 1.54) is 19.9 Å². The van der Waals surface area contributed by atoms with Gasteiger partial charge in [-0.2, -0.15) is 0 Å². The second-order valence-electron chi connectivity index (χ2n) is 4.33. The first-order chi connectivity index (χ1) is 8.90. The summed E-state index contributed by atoms with van der Waals surface area (Å²) in [4.78, 5) is 11.5. The molecule has 0 aliphatic heterocycles. The molecule has 1 nitrogen and oxygen atoms in total. The largest absolute Gasteiger partial charge is 0.294 e. The molecule has 4 heteroatoms. The van der Waals surface area contributed by atoms with E-state index in [-0.39, 0.29) is 28.0 Å². The minimum atomic E-state index is -0.688. The predicted octanol–water partition coefficient (Wildman–Crippen LogP) is 4.28. The summed E-state index contributed by atoms with van der Waals surface area (Å²) in [5.41, 5.74) is 0.252. The zero-order valence-corrected chi connectivity index (χ0v) is 10.4. The van der Waals surface area contributed by atoms with E-state index in [9.17, 15) is 18.0 Å². The number of ketones is 1. The summed E-state index contributed by atoms with van der Waals surface area (Å²) in [7, 11) is 0. The molecule has 0 amide bonds. The second kappa shape index (κ2) is 4.88. The third-order valence-electron chi connectivity index (χ3n) is 2.90. The van der Waals surface area contributed by atoms with E-state index < -0.39 is 17.5 Å². The minimum Gasteiger partial charge on any atom is -0.294 e. The number of hydrogen-bond donors (Lipinski definition) is 0. The van der Waals surface area contributed by atoms with Crippen LogP contribution >= 0.6 is 0 Å². The highest BCUT2D eigenvalue weighted by Crippen LogP contribution is 2.29. The zero-order valence-electron chi connectivity index (χ0n) is 10.4. The van der Waals surface area contributed by atoms with Crippen LogP contribution in [0.1, 0.15) is 22.8 Å². The predicted molar refractivity (Wildman–Crippen MR) is 66.5 cm³/mol. The van der Waals surface area contributed by atoms with E-state index in [0.29, 0.717) is 0 Å². The van der Waals surface area contributed by atoms with Crippen molar-refractivity contribution in [2.45, 2.75) is 13.8 Å². The van der Waals surface area contributed by atoms with Crippen molar-refractivity contribution in [2.24, 2.45) is 0 Å². The number of hydrogen-bond acceptors (Lipinski definition) is 1. The van der Waals surface area contributed by atoms with E-state index >= 15 is 0 Å². The van der Waals surface area contributed by atoms with E-state index in [4.69, 9.17) is 0 Å². The Labute approximate surface area is 108 Å². The van der Waals surface area contributed by atoms with Crippen molar-refractivity contribution in [3.05, 3.63) is 58.9 Å². The molecule has 0 radical (unpaired) electrons. The Morgan fingerprint density at radius 2 is 1.63 bits per heavy atom. The van der Waals surface area contributed by atoms with Crippen LogP contribution in [-0.4, -0.2) is 5.78 Å². The van der Waals surface area contributed by atoms with Gasteiger partial charge in [0.25, 0.3) is 0 Å². The topological polar surface area (TPSA) is 17.1 Å². The average Bonchev–Trinajstić information content (AvgIpc) is 2.33. The van der Waals surface area contributed by atoms with E-state index in [0.717, 1.165) is 24.3 Å². The highest BCUT2D eigenvalue weighted by molar-refractivity contribution is 6.00. The van der Waals surface area contributed by atoms with Crippen LogP contribution in [0, 0.1) is 24.4 Å². The second-order valence-corrected chi connectivity index (χ2v) is 4.33. The number of aryl methyl sites for hydroxylation is 1. The summed E-state index contributed by atoms with van der Waals surface area (Å²) >= 11 is 0. The van der Waals surface area contributed by atoms with Crippen LogP contribution in [0.4, 0.5) is 13.2 Å². The fourth-order valence-corrected chi connectivity index (χ4v) is 1.90. The van der Waals surface area contributed by atoms with Gasteiger partial charge in [-0.05, 0) is 55.3 Å². The molecule has 0 heterocycles. The Bertz CT molecular complexity index is 663. The maximum atomic E-state index is 13.9. The van der Waals surface area contributed by atoms with Crippen LogP contribution in [-0.2, 0) is 0 Å². The van der Waals surface area contributed by atoms with Gasteiger partial charge in [-0.15, -0.1) is 0 Å². The standard InChI is InChI=1S/C15H11F3O/c1-8-5-15(18)13(7-14(8)17)12-6-10(16)3-4-11(12)9(2)19/h3-7H,1-2H3. The minimum absolute atomic E-state index is 0.0592. The molecule has 0 atom stereocenters. The molecule has 0 saturated heterocycles. The van der Waals surface area contributed by atoms with Gasteiger partial charge in [-0.3, -0.25) is 4.79 Å². The van der Waals surface area contributed by atoms with Crippen molar-refractivity contribution in [3.63, 3.8) is 0 Å². The van der Waals surface area contributed by atoms with Gasteiger partial charge in [0.15, 0.2) is 5.78 Å². The molecule has 0 aromatic heterocycles. The summed E-state index contributed by atoms with van der Waals surface area (Å²) in [6.45, 7) is 2.72. The SMILES string of the molecule is CC(=O)c1ccc(F)cc1-c1cc(F)c(C)cc1F. The maximum Gasteiger partial charge on any atom is 0.160 e. The third kappa shape index (κ3) is 2.52. The fourth-order valence-electron chi connectivity index (χ4n) is 1.90. The normalized spacial score (nSPS) is 10.6. The number of halogens is 3.